The number of carbonyl (C=O) groups is 3. The van der Waals surface area contributed by atoms with Gasteiger partial charge in [0.1, 0.15) is 6.54 Å². The van der Waals surface area contributed by atoms with Crippen molar-refractivity contribution < 1.29 is 23.9 Å². The van der Waals surface area contributed by atoms with Gasteiger partial charge < -0.3 is 24.6 Å². The van der Waals surface area contributed by atoms with E-state index in [1.54, 1.807) is 6.08 Å². The SMILES string of the molecule is O=C(CN1C(=O)S/C(=C/c2ccc(N3CCOCC3)cc2)C1=O)Nc1ccc(N2CCOCC2)cc1. The molecule has 2 aromatic rings. The van der Waals surface area contributed by atoms with Crippen molar-refractivity contribution in [3.05, 3.63) is 59.0 Å². The van der Waals surface area contributed by atoms with Gasteiger partial charge in [-0.2, -0.15) is 0 Å². The quantitative estimate of drug-likeness (QED) is 0.596. The van der Waals surface area contributed by atoms with Crippen LogP contribution in [0.15, 0.2) is 53.4 Å². The normalized spacial score (nSPS) is 19.8. The summed E-state index contributed by atoms with van der Waals surface area (Å²) in [6.07, 6.45) is 1.69. The van der Waals surface area contributed by atoms with Gasteiger partial charge in [-0.05, 0) is 59.8 Å². The maximum atomic E-state index is 12.8. The van der Waals surface area contributed by atoms with Gasteiger partial charge in [-0.25, -0.2) is 0 Å². The van der Waals surface area contributed by atoms with E-state index < -0.39 is 17.1 Å². The number of nitrogens with zero attached hydrogens (tertiary/aromatic N) is 3. The predicted octanol–water partition coefficient (Wildman–Crippen LogP) is 3.03. The number of hydrogen-bond acceptors (Lipinski definition) is 8. The fourth-order valence-corrected chi connectivity index (χ4v) is 5.15. The van der Waals surface area contributed by atoms with E-state index in [0.29, 0.717) is 37.0 Å². The molecular formula is C26H28N4O5S. The summed E-state index contributed by atoms with van der Waals surface area (Å²) in [5, 5.41) is 2.32. The summed E-state index contributed by atoms with van der Waals surface area (Å²) in [7, 11) is 0. The summed E-state index contributed by atoms with van der Waals surface area (Å²) in [5.74, 6) is -0.882. The van der Waals surface area contributed by atoms with Crippen LogP contribution < -0.4 is 15.1 Å². The third-order valence-corrected chi connectivity index (χ3v) is 7.18. The van der Waals surface area contributed by atoms with E-state index in [9.17, 15) is 14.4 Å². The van der Waals surface area contributed by atoms with E-state index in [1.807, 2.05) is 48.5 Å². The monoisotopic (exact) mass is 508 g/mol. The molecule has 0 aliphatic carbocycles. The van der Waals surface area contributed by atoms with E-state index in [1.165, 1.54) is 0 Å². The second-order valence-corrected chi connectivity index (χ2v) is 9.65. The number of nitrogens with one attached hydrogen (secondary N) is 1. The van der Waals surface area contributed by atoms with E-state index >= 15 is 0 Å². The first-order valence-corrected chi connectivity index (χ1v) is 12.8. The zero-order chi connectivity index (χ0) is 24.9. The van der Waals surface area contributed by atoms with Crippen LogP contribution in [0.4, 0.5) is 21.9 Å². The first kappa shape index (κ1) is 24.4. The molecule has 188 valence electrons. The molecule has 0 spiro atoms. The van der Waals surface area contributed by atoms with Crippen molar-refractivity contribution in [3.63, 3.8) is 0 Å². The number of benzene rings is 2. The molecular weight excluding hydrogens is 480 g/mol. The van der Waals surface area contributed by atoms with Gasteiger partial charge in [0, 0.05) is 43.2 Å². The van der Waals surface area contributed by atoms with Crippen LogP contribution in [0.25, 0.3) is 6.08 Å². The fraction of sp³-hybridized carbons (Fsp3) is 0.346. The molecule has 9 nitrogen and oxygen atoms in total. The van der Waals surface area contributed by atoms with Gasteiger partial charge in [0.15, 0.2) is 0 Å². The molecule has 3 amide bonds. The van der Waals surface area contributed by atoms with Crippen LogP contribution in [0, 0.1) is 0 Å². The second-order valence-electron chi connectivity index (χ2n) is 8.65. The molecule has 3 aliphatic rings. The molecule has 0 unspecified atom stereocenters. The van der Waals surface area contributed by atoms with Crippen molar-refractivity contribution in [1.29, 1.82) is 0 Å². The lowest BCUT2D eigenvalue weighted by molar-refractivity contribution is -0.127. The largest absolute Gasteiger partial charge is 0.378 e. The molecule has 0 bridgehead atoms. The smallest absolute Gasteiger partial charge is 0.294 e. The number of ether oxygens (including phenoxy) is 2. The Morgan fingerprint density at radius 2 is 1.36 bits per heavy atom. The Kier molecular flexibility index (Phi) is 7.55. The lowest BCUT2D eigenvalue weighted by Gasteiger charge is -2.28. The van der Waals surface area contributed by atoms with Crippen LogP contribution in [0.5, 0.6) is 0 Å². The van der Waals surface area contributed by atoms with Crippen molar-refractivity contribution in [1.82, 2.24) is 4.90 Å². The zero-order valence-corrected chi connectivity index (χ0v) is 20.7. The number of thioether (sulfide) groups is 1. The van der Waals surface area contributed by atoms with Crippen LogP contribution in [0.3, 0.4) is 0 Å². The Balaban J connectivity index is 1.17. The minimum Gasteiger partial charge on any atom is -0.378 e. The third kappa shape index (κ3) is 5.72. The molecule has 2 aromatic carbocycles. The number of rotatable bonds is 6. The second kappa shape index (κ2) is 11.2. The van der Waals surface area contributed by atoms with Crippen molar-refractivity contribution in [2.24, 2.45) is 0 Å². The highest BCUT2D eigenvalue weighted by atomic mass is 32.2. The van der Waals surface area contributed by atoms with Crippen LogP contribution in [0.2, 0.25) is 0 Å². The van der Waals surface area contributed by atoms with Crippen LogP contribution in [0.1, 0.15) is 5.56 Å². The molecule has 36 heavy (non-hydrogen) atoms. The highest BCUT2D eigenvalue weighted by Gasteiger charge is 2.36. The van der Waals surface area contributed by atoms with Gasteiger partial charge in [-0.1, -0.05) is 12.1 Å². The topological polar surface area (TPSA) is 91.4 Å². The highest BCUT2D eigenvalue weighted by Crippen LogP contribution is 2.32. The van der Waals surface area contributed by atoms with Crippen LogP contribution in [-0.4, -0.2) is 81.1 Å². The average molecular weight is 509 g/mol. The van der Waals surface area contributed by atoms with Gasteiger partial charge in [-0.15, -0.1) is 0 Å². The fourth-order valence-electron chi connectivity index (χ4n) is 4.31. The molecule has 10 heteroatoms. The summed E-state index contributed by atoms with van der Waals surface area (Å²) in [5.41, 5.74) is 3.59. The number of imide groups is 1. The van der Waals surface area contributed by atoms with Crippen LogP contribution in [-0.2, 0) is 19.1 Å². The van der Waals surface area contributed by atoms with E-state index in [2.05, 4.69) is 15.1 Å². The summed E-state index contributed by atoms with van der Waals surface area (Å²) in [6.45, 7) is 5.84. The van der Waals surface area contributed by atoms with Gasteiger partial charge in [0.25, 0.3) is 11.1 Å². The Hall–Kier alpha value is -3.34. The molecule has 0 radical (unpaired) electrons. The number of carbonyl (C=O) groups excluding carboxylic acids is 3. The molecule has 3 aliphatic heterocycles. The Labute approximate surface area is 214 Å². The van der Waals surface area contributed by atoms with Crippen LogP contribution >= 0.6 is 11.8 Å². The summed E-state index contributed by atoms with van der Waals surface area (Å²) in [4.78, 5) is 43.6. The summed E-state index contributed by atoms with van der Waals surface area (Å²) >= 11 is 0.851. The Morgan fingerprint density at radius 1 is 0.833 bits per heavy atom. The predicted molar refractivity (Wildman–Crippen MR) is 140 cm³/mol. The summed E-state index contributed by atoms with van der Waals surface area (Å²) < 4.78 is 10.8. The first-order chi connectivity index (χ1) is 17.6. The van der Waals surface area contributed by atoms with Gasteiger partial charge in [0.2, 0.25) is 5.91 Å². The van der Waals surface area contributed by atoms with Crippen molar-refractivity contribution >= 4 is 52.0 Å². The maximum absolute atomic E-state index is 12.8. The molecule has 3 saturated heterocycles. The number of anilines is 3. The summed E-state index contributed by atoms with van der Waals surface area (Å²) in [6, 6.07) is 15.4. The molecule has 0 saturated carbocycles. The van der Waals surface area contributed by atoms with Gasteiger partial charge in [0.05, 0.1) is 31.3 Å². The lowest BCUT2D eigenvalue weighted by Crippen LogP contribution is -2.36. The number of morpholine rings is 2. The molecule has 0 aromatic heterocycles. The molecule has 5 rings (SSSR count). The van der Waals surface area contributed by atoms with Crippen molar-refractivity contribution in [3.8, 4) is 0 Å². The minimum absolute atomic E-state index is 0.307. The van der Waals surface area contributed by atoms with E-state index in [0.717, 1.165) is 59.8 Å². The Morgan fingerprint density at radius 3 is 1.92 bits per heavy atom. The molecule has 3 fully saturated rings. The van der Waals surface area contributed by atoms with Gasteiger partial charge >= 0.3 is 0 Å². The highest BCUT2D eigenvalue weighted by molar-refractivity contribution is 8.18. The molecule has 3 heterocycles. The standard InChI is InChI=1S/C26H28N4O5S/c31-24(27-20-3-7-22(8-4-20)29-11-15-35-16-12-29)18-30-25(32)23(36-26(30)33)17-19-1-5-21(6-2-19)28-9-13-34-14-10-28/h1-8,17H,9-16,18H2,(H,27,31)/b23-17+. The first-order valence-electron chi connectivity index (χ1n) is 12.0. The van der Waals surface area contributed by atoms with Gasteiger partial charge in [-0.3, -0.25) is 19.3 Å². The maximum Gasteiger partial charge on any atom is 0.294 e. The number of hydrogen-bond donors (Lipinski definition) is 1. The Bertz CT molecular complexity index is 1140. The van der Waals surface area contributed by atoms with E-state index in [-0.39, 0.29) is 6.54 Å². The van der Waals surface area contributed by atoms with E-state index in [4.69, 9.17) is 9.47 Å². The molecule has 1 N–H and O–H groups in total. The average Bonchev–Trinajstić information content (AvgIpc) is 3.17. The minimum atomic E-state index is -0.458. The third-order valence-electron chi connectivity index (χ3n) is 6.27. The van der Waals surface area contributed by atoms with Crippen molar-refractivity contribution in [2.75, 3.05) is 74.3 Å². The number of amides is 3. The van der Waals surface area contributed by atoms with Crippen molar-refractivity contribution in [2.45, 2.75) is 0 Å². The zero-order valence-electron chi connectivity index (χ0n) is 19.9. The lowest BCUT2D eigenvalue weighted by atomic mass is 10.1. The molecule has 0 atom stereocenters.